The molecule has 0 spiro atoms. The molecule has 0 bridgehead atoms. The number of halogens is 1. The van der Waals surface area contributed by atoms with E-state index in [1.165, 1.54) is 0 Å². The zero-order chi connectivity index (χ0) is 24.9. The van der Waals surface area contributed by atoms with Gasteiger partial charge in [-0.2, -0.15) is 0 Å². The predicted molar refractivity (Wildman–Crippen MR) is 128 cm³/mol. The molecule has 1 saturated heterocycles. The largest absolute Gasteiger partial charge is 0.444 e. The molecule has 10 heteroatoms. The molecule has 9 nitrogen and oxygen atoms in total. The smallest absolute Gasteiger partial charge is 0.407 e. The molecule has 2 amide bonds. The van der Waals surface area contributed by atoms with Crippen molar-refractivity contribution in [3.8, 4) is 11.1 Å². The molecule has 4 N–H and O–H groups in total. The van der Waals surface area contributed by atoms with Crippen molar-refractivity contribution >= 4 is 17.8 Å². The number of nitrogens with zero attached hydrogens (tertiary/aromatic N) is 1. The average molecular weight is 476 g/mol. The molecule has 0 saturated carbocycles. The highest BCUT2D eigenvalue weighted by Gasteiger charge is 2.26. The van der Waals surface area contributed by atoms with E-state index in [0.29, 0.717) is 24.5 Å². The van der Waals surface area contributed by atoms with Gasteiger partial charge in [0.2, 0.25) is 0 Å². The number of H-pyrrole nitrogens is 1. The van der Waals surface area contributed by atoms with Gasteiger partial charge in [0.25, 0.3) is 5.91 Å². The van der Waals surface area contributed by atoms with Crippen molar-refractivity contribution in [1.82, 2.24) is 20.6 Å². The summed E-state index contributed by atoms with van der Waals surface area (Å²) < 4.78 is 24.5. The molecule has 0 unspecified atom stereocenters. The quantitative estimate of drug-likeness (QED) is 0.486. The third-order valence-corrected chi connectivity index (χ3v) is 5.29. The fraction of sp³-hybridized carbons (Fsp3) is 0.542. The number of pyridine rings is 1. The number of amides is 2. The van der Waals surface area contributed by atoms with Crippen LogP contribution in [-0.2, 0) is 9.47 Å². The maximum absolute atomic E-state index is 14.1. The second-order valence-electron chi connectivity index (χ2n) is 9.57. The van der Waals surface area contributed by atoms with E-state index in [2.05, 4.69) is 25.9 Å². The van der Waals surface area contributed by atoms with Crippen LogP contribution in [0.4, 0.5) is 15.0 Å². The molecule has 2 aromatic heterocycles. The van der Waals surface area contributed by atoms with Gasteiger partial charge in [0.15, 0.2) is 0 Å². The average Bonchev–Trinajstić information content (AvgIpc) is 3.24. The molecule has 0 aliphatic carbocycles. The molecular formula is C24H34FN5O4. The van der Waals surface area contributed by atoms with Gasteiger partial charge in [-0.1, -0.05) is 0 Å². The van der Waals surface area contributed by atoms with E-state index in [0.717, 1.165) is 16.7 Å². The van der Waals surface area contributed by atoms with Gasteiger partial charge in [-0.3, -0.25) is 4.79 Å². The number of anilines is 1. The summed E-state index contributed by atoms with van der Waals surface area (Å²) in [6, 6.07) is 2.95. The van der Waals surface area contributed by atoms with Crippen LogP contribution in [0.1, 0.15) is 50.2 Å². The Hall–Kier alpha value is -3.14. The molecule has 0 aromatic carbocycles. The molecule has 3 rings (SSSR count). The normalized spacial score (nSPS) is 19.2. The van der Waals surface area contributed by atoms with Gasteiger partial charge in [0.05, 0.1) is 12.6 Å². The minimum Gasteiger partial charge on any atom is -0.444 e. The first-order chi connectivity index (χ1) is 16.0. The van der Waals surface area contributed by atoms with Crippen LogP contribution in [0.3, 0.4) is 0 Å². The van der Waals surface area contributed by atoms with Crippen molar-refractivity contribution in [3.05, 3.63) is 35.8 Å². The number of carbonyl (C=O) groups excluding carboxylic acids is 2. The molecule has 1 aliphatic heterocycles. The molecular weight excluding hydrogens is 441 g/mol. The van der Waals surface area contributed by atoms with Crippen LogP contribution in [0.2, 0.25) is 0 Å². The van der Waals surface area contributed by atoms with E-state index in [-0.39, 0.29) is 31.1 Å². The topological polar surface area (TPSA) is 117 Å². The van der Waals surface area contributed by atoms with Crippen LogP contribution in [-0.4, -0.2) is 65.6 Å². The Morgan fingerprint density at radius 2 is 2.12 bits per heavy atom. The molecule has 2 aromatic rings. The number of alkyl halides is 1. The number of aromatic nitrogens is 2. The van der Waals surface area contributed by atoms with Crippen LogP contribution in [0.5, 0.6) is 0 Å². The third kappa shape index (κ3) is 7.18. The summed E-state index contributed by atoms with van der Waals surface area (Å²) in [5.74, 6) is 0.279. The van der Waals surface area contributed by atoms with E-state index in [1.54, 1.807) is 46.2 Å². The molecule has 1 fully saturated rings. The maximum atomic E-state index is 14.1. The first-order valence-electron chi connectivity index (χ1n) is 11.4. The summed E-state index contributed by atoms with van der Waals surface area (Å²) in [7, 11) is 0. The number of alkyl carbamates (subject to hydrolysis) is 1. The number of ether oxygens (including phenoxy) is 2. The fourth-order valence-electron chi connectivity index (χ4n) is 3.55. The highest BCUT2D eigenvalue weighted by molar-refractivity contribution is 5.94. The molecule has 34 heavy (non-hydrogen) atoms. The Labute approximate surface area is 199 Å². The van der Waals surface area contributed by atoms with E-state index in [4.69, 9.17) is 9.47 Å². The predicted octanol–water partition coefficient (Wildman–Crippen LogP) is 3.57. The van der Waals surface area contributed by atoms with Crippen molar-refractivity contribution in [2.45, 2.75) is 64.9 Å². The van der Waals surface area contributed by atoms with Crippen LogP contribution in [0, 0.1) is 6.92 Å². The molecule has 186 valence electrons. The first-order valence-corrected chi connectivity index (χ1v) is 11.4. The third-order valence-electron chi connectivity index (χ3n) is 5.29. The summed E-state index contributed by atoms with van der Waals surface area (Å²) in [4.78, 5) is 31.8. The second kappa shape index (κ2) is 10.9. The van der Waals surface area contributed by atoms with E-state index in [9.17, 15) is 14.0 Å². The van der Waals surface area contributed by atoms with Gasteiger partial charge in [0.1, 0.15) is 23.3 Å². The number of aryl methyl sites for hydroxylation is 1. The van der Waals surface area contributed by atoms with Gasteiger partial charge in [-0.05, 0) is 64.3 Å². The maximum Gasteiger partial charge on any atom is 0.407 e. The SMILES string of the molecule is Cc1cnc(N[C@@H]2CCOC[C@@H]2F)cc1-c1c[nH]c(C(=O)N[C@@H](C)CNC(=O)OC(C)(C)C)c1. The lowest BCUT2D eigenvalue weighted by atomic mass is 10.0. The fourth-order valence-corrected chi connectivity index (χ4v) is 3.55. The second-order valence-corrected chi connectivity index (χ2v) is 9.57. The Morgan fingerprint density at radius 1 is 1.35 bits per heavy atom. The van der Waals surface area contributed by atoms with Gasteiger partial charge < -0.3 is 30.4 Å². The van der Waals surface area contributed by atoms with E-state index >= 15 is 0 Å². The van der Waals surface area contributed by atoms with E-state index in [1.807, 2.05) is 13.0 Å². The van der Waals surface area contributed by atoms with Gasteiger partial charge in [-0.25, -0.2) is 14.2 Å². The number of hydrogen-bond donors (Lipinski definition) is 4. The zero-order valence-corrected chi connectivity index (χ0v) is 20.3. The highest BCUT2D eigenvalue weighted by Crippen LogP contribution is 2.27. The number of carbonyl (C=O) groups is 2. The number of hydrogen-bond acceptors (Lipinski definition) is 6. The standard InChI is InChI=1S/C24H34FN5O4/c1-14-10-27-21(30-19-6-7-33-13-18(19)25)9-17(14)16-8-20(26-12-16)22(31)29-15(2)11-28-23(32)34-24(3,4)5/h8-10,12,15,18-19,26H,6-7,11,13H2,1-5H3,(H,27,30)(H,28,32)(H,29,31)/t15-,18-,19+/m0/s1. The summed E-state index contributed by atoms with van der Waals surface area (Å²) in [6.45, 7) is 9.90. The molecule has 0 radical (unpaired) electrons. The highest BCUT2D eigenvalue weighted by atomic mass is 19.1. The molecule has 1 aliphatic rings. The van der Waals surface area contributed by atoms with Crippen LogP contribution >= 0.6 is 0 Å². The number of rotatable bonds is 7. The Balaban J connectivity index is 1.60. The van der Waals surface area contributed by atoms with Crippen LogP contribution < -0.4 is 16.0 Å². The minimum absolute atomic E-state index is 0.0817. The van der Waals surface area contributed by atoms with Crippen molar-refractivity contribution in [1.29, 1.82) is 0 Å². The Bertz CT molecular complexity index is 1000. The van der Waals surface area contributed by atoms with Crippen molar-refractivity contribution in [2.75, 3.05) is 25.1 Å². The summed E-state index contributed by atoms with van der Waals surface area (Å²) in [5, 5.41) is 8.65. The van der Waals surface area contributed by atoms with Gasteiger partial charge in [-0.15, -0.1) is 0 Å². The Morgan fingerprint density at radius 3 is 2.82 bits per heavy atom. The van der Waals surface area contributed by atoms with Crippen LogP contribution in [0.15, 0.2) is 24.5 Å². The lowest BCUT2D eigenvalue weighted by molar-refractivity contribution is 0.0285. The molecule has 3 heterocycles. The van der Waals surface area contributed by atoms with Crippen molar-refractivity contribution in [2.24, 2.45) is 0 Å². The summed E-state index contributed by atoms with van der Waals surface area (Å²) in [6.07, 6.45) is 2.42. The summed E-state index contributed by atoms with van der Waals surface area (Å²) in [5.41, 5.74) is 2.43. The van der Waals surface area contributed by atoms with Gasteiger partial charge in [0, 0.05) is 37.2 Å². The first kappa shape index (κ1) is 25.5. The lowest BCUT2D eigenvalue weighted by Gasteiger charge is -2.27. The van der Waals surface area contributed by atoms with Crippen molar-refractivity contribution < 1.29 is 23.5 Å². The van der Waals surface area contributed by atoms with Crippen molar-refractivity contribution in [3.63, 3.8) is 0 Å². The number of aromatic amines is 1. The monoisotopic (exact) mass is 475 g/mol. The zero-order valence-electron chi connectivity index (χ0n) is 20.3. The lowest BCUT2D eigenvalue weighted by Crippen LogP contribution is -2.43. The summed E-state index contributed by atoms with van der Waals surface area (Å²) >= 11 is 0. The van der Waals surface area contributed by atoms with Gasteiger partial charge >= 0.3 is 6.09 Å². The number of nitrogens with one attached hydrogen (secondary N) is 4. The molecule has 3 atom stereocenters. The Kier molecular flexibility index (Phi) is 8.14. The van der Waals surface area contributed by atoms with E-state index < -0.39 is 17.9 Å². The van der Waals surface area contributed by atoms with Crippen LogP contribution in [0.25, 0.3) is 11.1 Å². The minimum atomic E-state index is -1.09.